The maximum atomic E-state index is 11.3. The van der Waals surface area contributed by atoms with Crippen LogP contribution in [-0.4, -0.2) is 9.97 Å². The predicted molar refractivity (Wildman–Crippen MR) is 69.3 cm³/mol. The van der Waals surface area contributed by atoms with Crippen molar-refractivity contribution in [3.05, 3.63) is 50.5 Å². The van der Waals surface area contributed by atoms with Crippen molar-refractivity contribution in [2.75, 3.05) is 5.32 Å². The van der Waals surface area contributed by atoms with Gasteiger partial charge in [-0.2, -0.15) is 5.26 Å². The van der Waals surface area contributed by atoms with Gasteiger partial charge in [0.15, 0.2) is 5.82 Å². The topological polar surface area (TPSA) is 81.6 Å². The molecular formula is C11H6Cl2N4O. The van der Waals surface area contributed by atoms with Crippen LogP contribution >= 0.6 is 23.2 Å². The molecule has 18 heavy (non-hydrogen) atoms. The van der Waals surface area contributed by atoms with E-state index in [1.165, 1.54) is 6.33 Å². The molecule has 5 nitrogen and oxygen atoms in total. The second-order valence-electron chi connectivity index (χ2n) is 3.33. The number of halogens is 2. The summed E-state index contributed by atoms with van der Waals surface area (Å²) >= 11 is 11.8. The molecule has 2 aromatic rings. The van der Waals surface area contributed by atoms with Gasteiger partial charge < -0.3 is 10.3 Å². The number of anilines is 2. The van der Waals surface area contributed by atoms with E-state index in [1.54, 1.807) is 18.2 Å². The third kappa shape index (κ3) is 2.45. The van der Waals surface area contributed by atoms with Crippen molar-refractivity contribution < 1.29 is 0 Å². The van der Waals surface area contributed by atoms with Gasteiger partial charge >= 0.3 is 0 Å². The van der Waals surface area contributed by atoms with Crippen LogP contribution in [0.1, 0.15) is 5.56 Å². The largest absolute Gasteiger partial charge is 0.338 e. The number of benzene rings is 1. The van der Waals surface area contributed by atoms with E-state index in [9.17, 15) is 4.79 Å². The molecule has 0 bridgehead atoms. The summed E-state index contributed by atoms with van der Waals surface area (Å²) in [6.07, 6.45) is 1.22. The molecule has 0 aliphatic carbocycles. The van der Waals surface area contributed by atoms with Crippen LogP contribution < -0.4 is 10.9 Å². The molecule has 0 aliphatic heterocycles. The number of aromatic nitrogens is 2. The van der Waals surface area contributed by atoms with Crippen molar-refractivity contribution in [2.24, 2.45) is 0 Å². The van der Waals surface area contributed by atoms with Crippen LogP contribution in [0.25, 0.3) is 0 Å². The molecule has 0 radical (unpaired) electrons. The predicted octanol–water partition coefficient (Wildman–Crippen LogP) is 2.69. The second-order valence-corrected chi connectivity index (χ2v) is 4.11. The molecule has 0 saturated heterocycles. The molecule has 2 rings (SSSR count). The zero-order valence-electron chi connectivity index (χ0n) is 8.87. The number of H-pyrrole nitrogens is 1. The van der Waals surface area contributed by atoms with Crippen LogP contribution in [0.3, 0.4) is 0 Å². The fourth-order valence-corrected chi connectivity index (χ4v) is 1.60. The van der Waals surface area contributed by atoms with E-state index in [4.69, 9.17) is 28.5 Å². The van der Waals surface area contributed by atoms with E-state index in [1.807, 2.05) is 6.07 Å². The number of hydrogen-bond acceptors (Lipinski definition) is 4. The first-order chi connectivity index (χ1) is 8.61. The Morgan fingerprint density at radius 2 is 2.17 bits per heavy atom. The van der Waals surface area contributed by atoms with E-state index in [0.29, 0.717) is 16.3 Å². The van der Waals surface area contributed by atoms with Gasteiger partial charge in [0, 0.05) is 0 Å². The zero-order valence-corrected chi connectivity index (χ0v) is 10.4. The number of aromatic amines is 1. The summed E-state index contributed by atoms with van der Waals surface area (Å²) < 4.78 is 0. The Morgan fingerprint density at radius 1 is 1.39 bits per heavy atom. The standard InChI is InChI=1S/C11H6Cl2N4O/c12-7-2-1-6(4-14)3-8(7)17-10-9(13)11(18)16-5-15-10/h1-3,5H,(H2,15,16,17,18). The highest BCUT2D eigenvalue weighted by Crippen LogP contribution is 2.27. The first-order valence-electron chi connectivity index (χ1n) is 4.81. The maximum absolute atomic E-state index is 11.3. The molecule has 0 spiro atoms. The van der Waals surface area contributed by atoms with Crippen molar-refractivity contribution in [1.82, 2.24) is 9.97 Å². The van der Waals surface area contributed by atoms with E-state index < -0.39 is 5.56 Å². The third-order valence-corrected chi connectivity index (χ3v) is 2.83. The molecular weight excluding hydrogens is 275 g/mol. The Balaban J connectivity index is 2.43. The number of rotatable bonds is 2. The van der Waals surface area contributed by atoms with E-state index in [2.05, 4.69) is 15.3 Å². The number of hydrogen-bond donors (Lipinski definition) is 2. The minimum absolute atomic E-state index is 0.0732. The van der Waals surface area contributed by atoms with Gasteiger partial charge in [-0.25, -0.2) is 4.98 Å². The van der Waals surface area contributed by atoms with Gasteiger partial charge in [0.2, 0.25) is 0 Å². The molecule has 1 heterocycles. The summed E-state index contributed by atoms with van der Waals surface area (Å²) in [4.78, 5) is 17.5. The highest BCUT2D eigenvalue weighted by atomic mass is 35.5. The van der Waals surface area contributed by atoms with Crippen molar-refractivity contribution in [3.8, 4) is 6.07 Å². The highest BCUT2D eigenvalue weighted by molar-refractivity contribution is 6.34. The van der Waals surface area contributed by atoms with Gasteiger partial charge in [0.05, 0.1) is 28.7 Å². The molecule has 90 valence electrons. The van der Waals surface area contributed by atoms with Crippen LogP contribution in [-0.2, 0) is 0 Å². The molecule has 0 fully saturated rings. The van der Waals surface area contributed by atoms with Crippen molar-refractivity contribution in [2.45, 2.75) is 0 Å². The summed E-state index contributed by atoms with van der Waals surface area (Å²) in [6.45, 7) is 0. The lowest BCUT2D eigenvalue weighted by molar-refractivity contribution is 1.12. The van der Waals surface area contributed by atoms with Gasteiger partial charge in [-0.15, -0.1) is 0 Å². The Kier molecular flexibility index (Phi) is 3.51. The third-order valence-electron chi connectivity index (χ3n) is 2.15. The van der Waals surface area contributed by atoms with Crippen molar-refractivity contribution >= 4 is 34.7 Å². The fourth-order valence-electron chi connectivity index (χ4n) is 1.29. The van der Waals surface area contributed by atoms with Crippen LogP contribution in [0.15, 0.2) is 29.3 Å². The lowest BCUT2D eigenvalue weighted by Crippen LogP contribution is -2.09. The summed E-state index contributed by atoms with van der Waals surface area (Å²) in [5.74, 6) is 0.178. The molecule has 1 aromatic carbocycles. The minimum atomic E-state index is -0.457. The van der Waals surface area contributed by atoms with Crippen LogP contribution in [0.2, 0.25) is 10.0 Å². The summed E-state index contributed by atoms with van der Waals surface area (Å²) in [5.41, 5.74) is 0.431. The SMILES string of the molecule is N#Cc1ccc(Cl)c(Nc2nc[nH]c(=O)c2Cl)c1. The van der Waals surface area contributed by atoms with Gasteiger partial charge in [-0.3, -0.25) is 4.79 Å². The Morgan fingerprint density at radius 3 is 2.89 bits per heavy atom. The average Bonchev–Trinajstić information content (AvgIpc) is 2.37. The highest BCUT2D eigenvalue weighted by Gasteiger charge is 2.08. The number of nitrogens with zero attached hydrogens (tertiary/aromatic N) is 2. The molecule has 0 atom stereocenters. The van der Waals surface area contributed by atoms with Gasteiger partial charge in [-0.05, 0) is 18.2 Å². The zero-order chi connectivity index (χ0) is 13.1. The Labute approximate surface area is 112 Å². The quantitative estimate of drug-likeness (QED) is 0.886. The molecule has 2 N–H and O–H groups in total. The summed E-state index contributed by atoms with van der Waals surface area (Å²) in [6, 6.07) is 6.69. The van der Waals surface area contributed by atoms with Crippen LogP contribution in [0.5, 0.6) is 0 Å². The van der Waals surface area contributed by atoms with E-state index in [0.717, 1.165) is 0 Å². The number of nitrogens with one attached hydrogen (secondary N) is 2. The van der Waals surface area contributed by atoms with Gasteiger partial charge in [-0.1, -0.05) is 23.2 Å². The summed E-state index contributed by atoms with van der Waals surface area (Å²) in [7, 11) is 0. The van der Waals surface area contributed by atoms with Gasteiger partial charge in [0.25, 0.3) is 5.56 Å². The van der Waals surface area contributed by atoms with Gasteiger partial charge in [0.1, 0.15) is 5.02 Å². The minimum Gasteiger partial charge on any atom is -0.338 e. The lowest BCUT2D eigenvalue weighted by Gasteiger charge is -2.08. The van der Waals surface area contributed by atoms with Crippen molar-refractivity contribution in [3.63, 3.8) is 0 Å². The lowest BCUT2D eigenvalue weighted by atomic mass is 10.2. The Hall–Kier alpha value is -2.03. The average molecular weight is 281 g/mol. The first-order valence-corrected chi connectivity index (χ1v) is 5.57. The maximum Gasteiger partial charge on any atom is 0.271 e. The Bertz CT molecular complexity index is 690. The molecule has 0 saturated carbocycles. The molecule has 0 amide bonds. The van der Waals surface area contributed by atoms with E-state index >= 15 is 0 Å². The molecule has 7 heteroatoms. The first kappa shape index (κ1) is 12.4. The number of nitriles is 1. The monoisotopic (exact) mass is 280 g/mol. The summed E-state index contributed by atoms with van der Waals surface area (Å²) in [5, 5.41) is 11.9. The van der Waals surface area contributed by atoms with Crippen LogP contribution in [0.4, 0.5) is 11.5 Å². The second kappa shape index (κ2) is 5.08. The van der Waals surface area contributed by atoms with Crippen LogP contribution in [0, 0.1) is 11.3 Å². The normalized spacial score (nSPS) is 9.83. The molecule has 0 aliphatic rings. The smallest absolute Gasteiger partial charge is 0.271 e. The molecule has 1 aromatic heterocycles. The molecule has 0 unspecified atom stereocenters. The van der Waals surface area contributed by atoms with Crippen molar-refractivity contribution in [1.29, 1.82) is 5.26 Å². The fraction of sp³-hybridized carbons (Fsp3) is 0. The van der Waals surface area contributed by atoms with E-state index in [-0.39, 0.29) is 10.8 Å².